The highest BCUT2D eigenvalue weighted by molar-refractivity contribution is 7.79. The third-order valence-electron chi connectivity index (χ3n) is 1.64. The summed E-state index contributed by atoms with van der Waals surface area (Å²) in [6, 6.07) is 0. The SMILES string of the molecule is CNc1nc(NC)c(N)c(NC)n1.O=S(=O)([O-])[O-]. The third kappa shape index (κ3) is 6.03. The molecule has 0 spiro atoms. The minimum atomic E-state index is -5.17. The number of hydrogen-bond acceptors (Lipinski definition) is 10. The van der Waals surface area contributed by atoms with Crippen molar-refractivity contribution in [2.45, 2.75) is 0 Å². The van der Waals surface area contributed by atoms with Gasteiger partial charge in [0.15, 0.2) is 11.6 Å². The van der Waals surface area contributed by atoms with Gasteiger partial charge in [-0.05, 0) is 0 Å². The fourth-order valence-electron chi connectivity index (χ4n) is 0.962. The molecule has 1 heterocycles. The van der Waals surface area contributed by atoms with Gasteiger partial charge in [-0.15, -0.1) is 0 Å². The summed E-state index contributed by atoms with van der Waals surface area (Å²) in [4.78, 5) is 8.24. The Bertz CT molecular complexity index is 458. The lowest BCUT2D eigenvalue weighted by molar-refractivity contribution is 0.352. The average molecular weight is 278 g/mol. The zero-order valence-electron chi connectivity index (χ0n) is 10.0. The van der Waals surface area contributed by atoms with Crippen molar-refractivity contribution in [2.75, 3.05) is 42.8 Å². The van der Waals surface area contributed by atoms with Crippen LogP contribution in [0, 0.1) is 0 Å². The van der Waals surface area contributed by atoms with Gasteiger partial charge in [0.05, 0.1) is 0 Å². The Morgan fingerprint density at radius 1 is 1.00 bits per heavy atom. The fraction of sp³-hybridized carbons (Fsp3) is 0.429. The van der Waals surface area contributed by atoms with Gasteiger partial charge in [0.25, 0.3) is 0 Å². The fourth-order valence-corrected chi connectivity index (χ4v) is 0.962. The second-order valence-corrected chi connectivity index (χ2v) is 3.63. The summed E-state index contributed by atoms with van der Waals surface area (Å²) in [6.45, 7) is 0. The van der Waals surface area contributed by atoms with Crippen LogP contribution < -0.4 is 21.7 Å². The highest BCUT2D eigenvalue weighted by atomic mass is 32.3. The smallest absolute Gasteiger partial charge is 0.226 e. The molecule has 0 saturated heterocycles. The van der Waals surface area contributed by atoms with Crippen LogP contribution in [0.1, 0.15) is 0 Å². The molecule has 0 amide bonds. The third-order valence-corrected chi connectivity index (χ3v) is 1.64. The molecule has 1 aromatic rings. The molecule has 104 valence electrons. The first kappa shape index (κ1) is 16.1. The van der Waals surface area contributed by atoms with Crippen LogP contribution in [0.25, 0.3) is 0 Å². The summed E-state index contributed by atoms with van der Waals surface area (Å²) in [5, 5.41) is 8.62. The predicted octanol–water partition coefficient (Wildman–Crippen LogP) is -1.15. The molecular formula is C7H14N6O4S-2. The minimum Gasteiger partial charge on any atom is -0.759 e. The van der Waals surface area contributed by atoms with Crippen molar-refractivity contribution in [1.82, 2.24) is 9.97 Å². The Labute approximate surface area is 105 Å². The van der Waals surface area contributed by atoms with Gasteiger partial charge in [0.1, 0.15) is 5.69 Å². The highest BCUT2D eigenvalue weighted by Gasteiger charge is 2.07. The Balaban J connectivity index is 0.000000494. The standard InChI is InChI=1S/C7H14N6.H2O4S/c1-9-5-4(8)6(10-2)13-7(11-3)12-5;1-5(2,3)4/h8H2,1-3H3,(H3,9,10,11,12,13);(H2,1,2,3,4)/p-2. The summed E-state index contributed by atoms with van der Waals surface area (Å²) in [5.41, 5.74) is 6.27. The molecule has 0 aromatic carbocycles. The second kappa shape index (κ2) is 6.78. The Hall–Kier alpha value is -1.85. The number of hydrogen-bond donors (Lipinski definition) is 4. The molecule has 0 aliphatic carbocycles. The first-order chi connectivity index (χ1) is 8.22. The van der Waals surface area contributed by atoms with Gasteiger partial charge in [-0.2, -0.15) is 9.97 Å². The Morgan fingerprint density at radius 3 is 1.56 bits per heavy atom. The van der Waals surface area contributed by atoms with Crippen molar-refractivity contribution < 1.29 is 17.5 Å². The predicted molar refractivity (Wildman–Crippen MR) is 65.6 cm³/mol. The average Bonchev–Trinajstić information content (AvgIpc) is 2.27. The van der Waals surface area contributed by atoms with Gasteiger partial charge in [-0.1, -0.05) is 0 Å². The molecule has 1 rings (SSSR count). The monoisotopic (exact) mass is 278 g/mol. The van der Waals surface area contributed by atoms with E-state index in [0.29, 0.717) is 23.3 Å². The highest BCUT2D eigenvalue weighted by Crippen LogP contribution is 2.24. The molecule has 18 heavy (non-hydrogen) atoms. The van der Waals surface area contributed by atoms with Crippen LogP contribution in [0.15, 0.2) is 0 Å². The summed E-state index contributed by atoms with van der Waals surface area (Å²) < 4.78 is 34.1. The molecule has 0 fully saturated rings. The summed E-state index contributed by atoms with van der Waals surface area (Å²) in [6.07, 6.45) is 0. The summed E-state index contributed by atoms with van der Waals surface area (Å²) in [7, 11) is 0.111. The number of aromatic nitrogens is 2. The maximum atomic E-state index is 8.52. The number of nitrogen functional groups attached to an aromatic ring is 1. The van der Waals surface area contributed by atoms with Crippen molar-refractivity contribution in [3.8, 4) is 0 Å². The van der Waals surface area contributed by atoms with E-state index < -0.39 is 10.4 Å². The number of rotatable bonds is 3. The molecule has 1 aromatic heterocycles. The lowest BCUT2D eigenvalue weighted by Gasteiger charge is -2.10. The van der Waals surface area contributed by atoms with E-state index in [1.54, 1.807) is 21.1 Å². The van der Waals surface area contributed by atoms with Gasteiger partial charge < -0.3 is 30.8 Å². The van der Waals surface area contributed by atoms with Gasteiger partial charge in [-0.3, -0.25) is 8.42 Å². The number of nitrogens with two attached hydrogens (primary N) is 1. The van der Waals surface area contributed by atoms with Crippen LogP contribution in [-0.2, 0) is 10.4 Å². The van der Waals surface area contributed by atoms with E-state index in [2.05, 4.69) is 25.9 Å². The van der Waals surface area contributed by atoms with E-state index in [1.807, 2.05) is 0 Å². The van der Waals surface area contributed by atoms with E-state index in [1.165, 1.54) is 0 Å². The van der Waals surface area contributed by atoms with E-state index in [0.717, 1.165) is 0 Å². The van der Waals surface area contributed by atoms with Gasteiger partial charge >= 0.3 is 0 Å². The van der Waals surface area contributed by atoms with Gasteiger partial charge in [-0.25, -0.2) is 0 Å². The van der Waals surface area contributed by atoms with Crippen molar-refractivity contribution in [3.63, 3.8) is 0 Å². The Morgan fingerprint density at radius 2 is 1.33 bits per heavy atom. The molecule has 0 unspecified atom stereocenters. The molecule has 0 aliphatic heterocycles. The molecule has 10 nitrogen and oxygen atoms in total. The van der Waals surface area contributed by atoms with Crippen LogP contribution in [0.5, 0.6) is 0 Å². The van der Waals surface area contributed by atoms with Crippen molar-refractivity contribution in [2.24, 2.45) is 0 Å². The molecule has 0 bridgehead atoms. The van der Waals surface area contributed by atoms with Crippen molar-refractivity contribution in [1.29, 1.82) is 0 Å². The Kier molecular flexibility index (Phi) is 6.08. The molecule has 0 radical (unpaired) electrons. The quantitative estimate of drug-likeness (QED) is 0.391. The lowest BCUT2D eigenvalue weighted by atomic mass is 10.4. The van der Waals surface area contributed by atoms with Crippen molar-refractivity contribution >= 4 is 33.7 Å². The zero-order chi connectivity index (χ0) is 14.3. The summed E-state index contributed by atoms with van der Waals surface area (Å²) >= 11 is 0. The number of nitrogens with zero attached hydrogens (tertiary/aromatic N) is 2. The second-order valence-electron chi connectivity index (χ2n) is 2.82. The zero-order valence-corrected chi connectivity index (χ0v) is 10.8. The van der Waals surface area contributed by atoms with E-state index in [9.17, 15) is 0 Å². The molecule has 5 N–H and O–H groups in total. The van der Waals surface area contributed by atoms with Gasteiger partial charge in [0, 0.05) is 31.5 Å². The van der Waals surface area contributed by atoms with Gasteiger partial charge in [0.2, 0.25) is 5.95 Å². The maximum Gasteiger partial charge on any atom is 0.226 e. The van der Waals surface area contributed by atoms with Crippen LogP contribution in [-0.4, -0.2) is 48.6 Å². The topological polar surface area (TPSA) is 168 Å². The lowest BCUT2D eigenvalue weighted by Crippen LogP contribution is -2.08. The van der Waals surface area contributed by atoms with E-state index in [4.69, 9.17) is 23.3 Å². The molecule has 0 atom stereocenters. The number of anilines is 4. The first-order valence-corrected chi connectivity index (χ1v) is 5.93. The first-order valence-electron chi connectivity index (χ1n) is 4.60. The van der Waals surface area contributed by atoms with E-state index >= 15 is 0 Å². The van der Waals surface area contributed by atoms with Crippen LogP contribution >= 0.6 is 0 Å². The molecule has 0 saturated carbocycles. The van der Waals surface area contributed by atoms with E-state index in [-0.39, 0.29) is 0 Å². The largest absolute Gasteiger partial charge is 0.759 e. The maximum absolute atomic E-state index is 8.52. The van der Waals surface area contributed by atoms with Crippen molar-refractivity contribution in [3.05, 3.63) is 0 Å². The molecular weight excluding hydrogens is 264 g/mol. The van der Waals surface area contributed by atoms with Crippen LogP contribution in [0.3, 0.4) is 0 Å². The molecule has 0 aliphatic rings. The molecule has 11 heteroatoms. The summed E-state index contributed by atoms with van der Waals surface area (Å²) in [5.74, 6) is 1.76. The van der Waals surface area contributed by atoms with Crippen LogP contribution in [0.4, 0.5) is 23.3 Å². The minimum absolute atomic E-state index is 0.518. The number of nitrogens with one attached hydrogen (secondary N) is 3. The van der Waals surface area contributed by atoms with Crippen LogP contribution in [0.2, 0.25) is 0 Å². The normalized spacial score (nSPS) is 10.1.